The smallest absolute Gasteiger partial charge is 0.237 e. The maximum atomic E-state index is 11.4. The van der Waals surface area contributed by atoms with Gasteiger partial charge in [-0.15, -0.1) is 11.6 Å². The molecule has 1 aromatic heterocycles. The van der Waals surface area contributed by atoms with Crippen LogP contribution in [-0.4, -0.2) is 39.6 Å². The number of amides is 1. The van der Waals surface area contributed by atoms with Crippen LogP contribution >= 0.6 is 23.2 Å². The van der Waals surface area contributed by atoms with Gasteiger partial charge in [0.25, 0.3) is 0 Å². The summed E-state index contributed by atoms with van der Waals surface area (Å²) in [6.45, 7) is 1.49. The van der Waals surface area contributed by atoms with E-state index < -0.39 is 0 Å². The third-order valence-corrected chi connectivity index (χ3v) is 3.30. The summed E-state index contributed by atoms with van der Waals surface area (Å²) in [4.78, 5) is 13.2. The first kappa shape index (κ1) is 11.7. The summed E-state index contributed by atoms with van der Waals surface area (Å²) in [6, 6.07) is 0.340. The van der Waals surface area contributed by atoms with Gasteiger partial charge in [-0.25, -0.2) is 0 Å². The SMILES string of the molecule is O=C(CCl)N1CCC(n2cc(Cl)cn2)CC1. The zero-order chi connectivity index (χ0) is 11.5. The number of hydrogen-bond acceptors (Lipinski definition) is 2. The lowest BCUT2D eigenvalue weighted by Crippen LogP contribution is -2.39. The van der Waals surface area contributed by atoms with Crippen molar-refractivity contribution in [2.75, 3.05) is 19.0 Å². The molecule has 4 nitrogen and oxygen atoms in total. The molecule has 1 aromatic rings. The number of carbonyl (C=O) groups is 1. The van der Waals surface area contributed by atoms with Crippen molar-refractivity contribution in [2.45, 2.75) is 18.9 Å². The molecule has 2 heterocycles. The molecule has 1 saturated heterocycles. The topological polar surface area (TPSA) is 38.1 Å². The largest absolute Gasteiger partial charge is 0.342 e. The zero-order valence-corrected chi connectivity index (χ0v) is 10.3. The maximum Gasteiger partial charge on any atom is 0.237 e. The first-order valence-corrected chi connectivity index (χ1v) is 6.15. The minimum Gasteiger partial charge on any atom is -0.342 e. The van der Waals surface area contributed by atoms with Crippen molar-refractivity contribution in [2.24, 2.45) is 0 Å². The van der Waals surface area contributed by atoms with Crippen molar-refractivity contribution in [3.05, 3.63) is 17.4 Å². The van der Waals surface area contributed by atoms with Crippen molar-refractivity contribution >= 4 is 29.1 Å². The lowest BCUT2D eigenvalue weighted by molar-refractivity contribution is -0.129. The van der Waals surface area contributed by atoms with Gasteiger partial charge in [-0.2, -0.15) is 5.10 Å². The van der Waals surface area contributed by atoms with Crippen LogP contribution in [0.1, 0.15) is 18.9 Å². The van der Waals surface area contributed by atoms with Gasteiger partial charge in [0.1, 0.15) is 5.88 Å². The number of aromatic nitrogens is 2. The molecule has 0 saturated carbocycles. The quantitative estimate of drug-likeness (QED) is 0.764. The molecule has 0 N–H and O–H groups in total. The molecular weight excluding hydrogens is 249 g/mol. The van der Waals surface area contributed by atoms with E-state index in [-0.39, 0.29) is 11.8 Å². The third kappa shape index (κ3) is 2.50. The number of rotatable bonds is 2. The molecule has 0 bridgehead atoms. The second-order valence-corrected chi connectivity index (χ2v) is 4.59. The average Bonchev–Trinajstić information content (AvgIpc) is 2.75. The Balaban J connectivity index is 1.92. The van der Waals surface area contributed by atoms with Crippen molar-refractivity contribution in [3.8, 4) is 0 Å². The summed E-state index contributed by atoms with van der Waals surface area (Å²) in [5, 5.41) is 4.84. The van der Waals surface area contributed by atoms with Crippen LogP contribution < -0.4 is 0 Å². The highest BCUT2D eigenvalue weighted by Crippen LogP contribution is 2.23. The summed E-state index contributed by atoms with van der Waals surface area (Å²) < 4.78 is 1.88. The second-order valence-electron chi connectivity index (χ2n) is 3.88. The van der Waals surface area contributed by atoms with E-state index in [2.05, 4.69) is 5.10 Å². The van der Waals surface area contributed by atoms with Crippen LogP contribution in [0.3, 0.4) is 0 Å². The van der Waals surface area contributed by atoms with Crippen LogP contribution in [0.15, 0.2) is 12.4 Å². The van der Waals surface area contributed by atoms with Crippen LogP contribution in [0, 0.1) is 0 Å². The highest BCUT2D eigenvalue weighted by Gasteiger charge is 2.23. The van der Waals surface area contributed by atoms with Crippen LogP contribution in [0.25, 0.3) is 0 Å². The molecule has 2 rings (SSSR count). The van der Waals surface area contributed by atoms with E-state index in [0.717, 1.165) is 25.9 Å². The Bertz CT molecular complexity index is 372. The average molecular weight is 262 g/mol. The number of likely N-dealkylation sites (tertiary alicyclic amines) is 1. The lowest BCUT2D eigenvalue weighted by atomic mass is 10.1. The van der Waals surface area contributed by atoms with E-state index in [4.69, 9.17) is 23.2 Å². The van der Waals surface area contributed by atoms with Gasteiger partial charge in [-0.1, -0.05) is 11.6 Å². The van der Waals surface area contributed by atoms with E-state index in [9.17, 15) is 4.79 Å². The van der Waals surface area contributed by atoms with Gasteiger partial charge < -0.3 is 4.90 Å². The first-order valence-electron chi connectivity index (χ1n) is 5.24. The molecule has 0 aromatic carbocycles. The number of hydrogen-bond donors (Lipinski definition) is 0. The van der Waals surface area contributed by atoms with Crippen LogP contribution in [0.5, 0.6) is 0 Å². The summed E-state index contributed by atoms with van der Waals surface area (Å²) in [6.07, 6.45) is 5.27. The fraction of sp³-hybridized carbons (Fsp3) is 0.600. The molecule has 0 spiro atoms. The van der Waals surface area contributed by atoms with Gasteiger partial charge in [0, 0.05) is 19.3 Å². The predicted octanol–water partition coefficient (Wildman–Crippen LogP) is 1.94. The molecule has 0 radical (unpaired) electrons. The number of carbonyl (C=O) groups excluding carboxylic acids is 1. The molecule has 1 fully saturated rings. The van der Waals surface area contributed by atoms with Gasteiger partial charge in [0.05, 0.1) is 17.3 Å². The highest BCUT2D eigenvalue weighted by atomic mass is 35.5. The molecule has 88 valence electrons. The molecule has 1 aliphatic rings. The molecular formula is C10H13Cl2N3O. The second kappa shape index (κ2) is 5.06. The van der Waals surface area contributed by atoms with E-state index in [0.29, 0.717) is 11.1 Å². The van der Waals surface area contributed by atoms with Crippen molar-refractivity contribution in [3.63, 3.8) is 0 Å². The summed E-state index contributed by atoms with van der Waals surface area (Å²) in [5.41, 5.74) is 0. The molecule has 0 unspecified atom stereocenters. The third-order valence-electron chi connectivity index (χ3n) is 2.88. The zero-order valence-electron chi connectivity index (χ0n) is 8.77. The number of piperidine rings is 1. The molecule has 6 heteroatoms. The fourth-order valence-corrected chi connectivity index (χ4v) is 2.29. The maximum absolute atomic E-state index is 11.4. The van der Waals surface area contributed by atoms with E-state index in [1.165, 1.54) is 0 Å². The molecule has 1 aliphatic heterocycles. The van der Waals surface area contributed by atoms with Crippen LogP contribution in [0.4, 0.5) is 0 Å². The minimum absolute atomic E-state index is 0.0126. The normalized spacial score (nSPS) is 17.8. The lowest BCUT2D eigenvalue weighted by Gasteiger charge is -2.31. The van der Waals surface area contributed by atoms with Gasteiger partial charge in [-0.05, 0) is 12.8 Å². The Labute approximate surface area is 104 Å². The van der Waals surface area contributed by atoms with Crippen molar-refractivity contribution < 1.29 is 4.79 Å². The number of nitrogens with zero attached hydrogens (tertiary/aromatic N) is 3. The van der Waals surface area contributed by atoms with Crippen molar-refractivity contribution in [1.82, 2.24) is 14.7 Å². The molecule has 0 atom stereocenters. The monoisotopic (exact) mass is 261 g/mol. The molecule has 0 aliphatic carbocycles. The van der Waals surface area contributed by atoms with Crippen LogP contribution in [0.2, 0.25) is 5.02 Å². The van der Waals surface area contributed by atoms with E-state index in [1.54, 1.807) is 11.1 Å². The van der Waals surface area contributed by atoms with Gasteiger partial charge in [0.15, 0.2) is 0 Å². The number of alkyl halides is 1. The Kier molecular flexibility index (Phi) is 3.71. The highest BCUT2D eigenvalue weighted by molar-refractivity contribution is 6.30. The summed E-state index contributed by atoms with van der Waals surface area (Å²) in [5.74, 6) is 0.0803. The minimum atomic E-state index is 0.0126. The van der Waals surface area contributed by atoms with Crippen molar-refractivity contribution in [1.29, 1.82) is 0 Å². The number of halogens is 2. The molecule has 1 amide bonds. The first-order chi connectivity index (χ1) is 7.70. The summed E-state index contributed by atoms with van der Waals surface area (Å²) >= 11 is 11.3. The Morgan fingerprint density at radius 1 is 1.50 bits per heavy atom. The fourth-order valence-electron chi connectivity index (χ4n) is 1.98. The standard InChI is InChI=1S/C10H13Cl2N3O/c11-5-10(16)14-3-1-9(2-4-14)15-7-8(12)6-13-15/h6-7,9H,1-5H2. The Morgan fingerprint density at radius 3 is 2.69 bits per heavy atom. The molecule has 16 heavy (non-hydrogen) atoms. The summed E-state index contributed by atoms with van der Waals surface area (Å²) in [7, 11) is 0. The Morgan fingerprint density at radius 2 is 2.19 bits per heavy atom. The van der Waals surface area contributed by atoms with Gasteiger partial charge >= 0.3 is 0 Å². The van der Waals surface area contributed by atoms with Gasteiger partial charge in [-0.3, -0.25) is 9.48 Å². The van der Waals surface area contributed by atoms with Crippen LogP contribution in [-0.2, 0) is 4.79 Å². The van der Waals surface area contributed by atoms with E-state index >= 15 is 0 Å². The van der Waals surface area contributed by atoms with E-state index in [1.807, 2.05) is 10.9 Å². The van der Waals surface area contributed by atoms with Gasteiger partial charge in [0.2, 0.25) is 5.91 Å². The Hall–Kier alpha value is -0.740. The predicted molar refractivity (Wildman–Crippen MR) is 62.8 cm³/mol.